The van der Waals surface area contributed by atoms with E-state index in [9.17, 15) is 0 Å². The molecule has 1 fully saturated rings. The van der Waals surface area contributed by atoms with Crippen molar-refractivity contribution in [3.8, 4) is 0 Å². The van der Waals surface area contributed by atoms with Crippen molar-refractivity contribution in [2.24, 2.45) is 4.99 Å². The zero-order valence-electron chi connectivity index (χ0n) is 18.6. The van der Waals surface area contributed by atoms with Crippen LogP contribution in [0.4, 0.5) is 0 Å². The third-order valence-electron chi connectivity index (χ3n) is 6.04. The molecule has 4 nitrogen and oxygen atoms in total. The van der Waals surface area contributed by atoms with E-state index in [0.717, 1.165) is 48.2 Å². The topological polar surface area (TPSA) is 43.7 Å². The van der Waals surface area contributed by atoms with Crippen LogP contribution in [0.3, 0.4) is 0 Å². The summed E-state index contributed by atoms with van der Waals surface area (Å²) in [5.74, 6) is 0. The van der Waals surface area contributed by atoms with E-state index in [0.29, 0.717) is 0 Å². The summed E-state index contributed by atoms with van der Waals surface area (Å²) >= 11 is 4.67. The van der Waals surface area contributed by atoms with Gasteiger partial charge in [0.05, 0.1) is 17.7 Å². The Morgan fingerprint density at radius 3 is 2.64 bits per heavy atom. The van der Waals surface area contributed by atoms with Gasteiger partial charge in [-0.15, -0.1) is 0 Å². The van der Waals surface area contributed by atoms with Gasteiger partial charge in [-0.1, -0.05) is 6.92 Å². The van der Waals surface area contributed by atoms with Crippen molar-refractivity contribution >= 4 is 31.8 Å². The molecule has 155 valence electrons. The van der Waals surface area contributed by atoms with Crippen LogP contribution in [0, 0.1) is 13.8 Å². The Morgan fingerprint density at radius 1 is 1.36 bits per heavy atom. The molecule has 1 aliphatic heterocycles. The Kier molecular flexibility index (Phi) is 8.18. The molecule has 1 aliphatic rings. The molecule has 1 aromatic heterocycles. The Bertz CT molecular complexity index is 680. The van der Waals surface area contributed by atoms with Gasteiger partial charge >= 0.3 is 7.48 Å². The number of rotatable bonds is 8. The molecule has 0 amide bonds. The maximum atomic E-state index is 6.09. The number of ether oxygens (including phenoxy) is 1. The maximum Gasteiger partial charge on any atom is 0.332 e. The smallest absolute Gasteiger partial charge is 0.332 e. The van der Waals surface area contributed by atoms with Gasteiger partial charge in [-0.05, 0) is 78.3 Å². The van der Waals surface area contributed by atoms with E-state index in [1.54, 1.807) is 7.48 Å². The van der Waals surface area contributed by atoms with Crippen LogP contribution < -0.4 is 5.46 Å². The summed E-state index contributed by atoms with van der Waals surface area (Å²) in [6.45, 7) is 15.4. The Morgan fingerprint density at radius 2 is 2.07 bits per heavy atom. The summed E-state index contributed by atoms with van der Waals surface area (Å²) in [6.07, 6.45) is 8.56. The summed E-state index contributed by atoms with van der Waals surface area (Å²) in [6, 6.07) is 0.201. The first-order valence-corrected chi connectivity index (χ1v) is 10.9. The monoisotopic (exact) mass is 403 g/mol. The minimum absolute atomic E-state index is 0.201. The molecular weight excluding hydrogens is 367 g/mol. The van der Waals surface area contributed by atoms with Crippen molar-refractivity contribution in [3.05, 3.63) is 23.0 Å². The highest BCUT2D eigenvalue weighted by molar-refractivity contribution is 7.81. The molecule has 2 heterocycles. The number of aryl methyl sites for hydroxylation is 1. The van der Waals surface area contributed by atoms with Crippen molar-refractivity contribution in [2.45, 2.75) is 96.6 Å². The Balaban J connectivity index is 2.17. The number of nitrogens with zero attached hydrogens (tertiary/aromatic N) is 2. The number of pyridine rings is 1. The van der Waals surface area contributed by atoms with Crippen LogP contribution in [-0.2, 0) is 9.39 Å². The summed E-state index contributed by atoms with van der Waals surface area (Å²) < 4.78 is 11.8. The second kappa shape index (κ2) is 9.77. The predicted molar refractivity (Wildman–Crippen MR) is 123 cm³/mol. The van der Waals surface area contributed by atoms with Gasteiger partial charge in [0.1, 0.15) is 0 Å². The molecule has 0 N–H and O–H groups in total. The maximum absolute atomic E-state index is 6.09. The SMILES string of the molecule is CCC(N=Cc1c(C)ncc([B]OC(C)(C)C(C)(C)S)c1C)C1CCCCO1. The van der Waals surface area contributed by atoms with Crippen LogP contribution >= 0.6 is 12.6 Å². The van der Waals surface area contributed by atoms with Gasteiger partial charge in [0.15, 0.2) is 0 Å². The van der Waals surface area contributed by atoms with Gasteiger partial charge in [0.25, 0.3) is 0 Å². The van der Waals surface area contributed by atoms with Gasteiger partial charge in [-0.2, -0.15) is 12.6 Å². The number of aliphatic imine (C=N–C) groups is 1. The number of hydrogen-bond donors (Lipinski definition) is 1. The largest absolute Gasteiger partial charge is 0.428 e. The second-order valence-electron chi connectivity index (χ2n) is 8.80. The van der Waals surface area contributed by atoms with E-state index >= 15 is 0 Å². The highest BCUT2D eigenvalue weighted by Crippen LogP contribution is 2.30. The lowest BCUT2D eigenvalue weighted by molar-refractivity contribution is 0.000548. The van der Waals surface area contributed by atoms with Crippen LogP contribution in [0.25, 0.3) is 0 Å². The van der Waals surface area contributed by atoms with Crippen LogP contribution in [0.2, 0.25) is 0 Å². The molecule has 28 heavy (non-hydrogen) atoms. The Labute approximate surface area is 177 Å². The standard InChI is InChI=1S/C22H36BN2O2S/c1-8-19(20-11-9-10-12-26-20)25-13-17-15(2)18(14-24-16(17)3)23-27-21(4,5)22(6,7)28/h13-14,19-20,28H,8-12H2,1-7H3. The zero-order valence-corrected chi connectivity index (χ0v) is 19.5. The molecule has 2 rings (SSSR count). The normalized spacial score (nSPS) is 19.8. The molecule has 1 saturated heterocycles. The highest BCUT2D eigenvalue weighted by Gasteiger charge is 2.34. The van der Waals surface area contributed by atoms with Gasteiger partial charge in [-0.25, -0.2) is 0 Å². The first-order chi connectivity index (χ1) is 13.1. The van der Waals surface area contributed by atoms with Crippen LogP contribution in [0.5, 0.6) is 0 Å². The summed E-state index contributed by atoms with van der Waals surface area (Å²) in [5, 5.41) is 0. The van der Waals surface area contributed by atoms with Crippen LogP contribution in [0.15, 0.2) is 11.2 Å². The summed E-state index contributed by atoms with van der Waals surface area (Å²) in [7, 11) is 1.80. The molecule has 2 unspecified atom stereocenters. The van der Waals surface area contributed by atoms with Crippen LogP contribution in [-0.4, -0.2) is 47.8 Å². The Hall–Kier alpha value is -0.845. The number of hydrogen-bond acceptors (Lipinski definition) is 5. The molecule has 2 atom stereocenters. The number of thiol groups is 1. The first-order valence-electron chi connectivity index (χ1n) is 10.4. The molecule has 0 saturated carbocycles. The van der Waals surface area contributed by atoms with Gasteiger partial charge in [0, 0.05) is 35.0 Å². The van der Waals surface area contributed by atoms with Crippen molar-refractivity contribution in [1.29, 1.82) is 0 Å². The molecule has 0 bridgehead atoms. The summed E-state index contributed by atoms with van der Waals surface area (Å²) in [4.78, 5) is 9.46. The quantitative estimate of drug-likeness (QED) is 0.402. The fourth-order valence-corrected chi connectivity index (χ4v) is 3.18. The minimum Gasteiger partial charge on any atom is -0.428 e. The fourth-order valence-electron chi connectivity index (χ4n) is 3.13. The lowest BCUT2D eigenvalue weighted by Crippen LogP contribution is -2.46. The third-order valence-corrected chi connectivity index (χ3v) is 6.57. The molecule has 1 aromatic rings. The van der Waals surface area contributed by atoms with E-state index < -0.39 is 5.60 Å². The van der Waals surface area contributed by atoms with Gasteiger partial charge in [-0.3, -0.25) is 9.98 Å². The second-order valence-corrected chi connectivity index (χ2v) is 9.92. The van der Waals surface area contributed by atoms with Crippen molar-refractivity contribution < 1.29 is 9.39 Å². The average molecular weight is 403 g/mol. The van der Waals surface area contributed by atoms with E-state index in [-0.39, 0.29) is 16.9 Å². The summed E-state index contributed by atoms with van der Waals surface area (Å²) in [5.41, 5.74) is 3.73. The van der Waals surface area contributed by atoms with E-state index in [1.165, 1.54) is 6.42 Å². The molecule has 1 radical (unpaired) electrons. The highest BCUT2D eigenvalue weighted by atomic mass is 32.1. The van der Waals surface area contributed by atoms with E-state index in [1.807, 2.05) is 33.2 Å². The van der Waals surface area contributed by atoms with Gasteiger partial charge in [0.2, 0.25) is 0 Å². The van der Waals surface area contributed by atoms with E-state index in [4.69, 9.17) is 14.4 Å². The average Bonchev–Trinajstić information content (AvgIpc) is 2.64. The molecule has 6 heteroatoms. The van der Waals surface area contributed by atoms with E-state index in [2.05, 4.69) is 45.3 Å². The lowest BCUT2D eigenvalue weighted by atomic mass is 9.81. The molecule has 0 aromatic carbocycles. The molecule has 0 spiro atoms. The predicted octanol–water partition coefficient (Wildman–Crippen LogP) is 4.21. The third kappa shape index (κ3) is 5.83. The van der Waals surface area contributed by atoms with Gasteiger partial charge < -0.3 is 9.39 Å². The number of aromatic nitrogens is 1. The minimum atomic E-state index is -0.409. The van der Waals surface area contributed by atoms with Crippen molar-refractivity contribution in [3.63, 3.8) is 0 Å². The zero-order chi connectivity index (χ0) is 20.9. The lowest BCUT2D eigenvalue weighted by Gasteiger charge is -2.38. The molecular formula is C22H36BN2O2S. The van der Waals surface area contributed by atoms with Crippen molar-refractivity contribution in [2.75, 3.05) is 6.61 Å². The van der Waals surface area contributed by atoms with Crippen molar-refractivity contribution in [1.82, 2.24) is 4.98 Å². The first kappa shape index (κ1) is 23.4. The molecule has 0 aliphatic carbocycles. The fraction of sp³-hybridized carbons (Fsp3) is 0.727. The van der Waals surface area contributed by atoms with Crippen LogP contribution in [0.1, 0.15) is 77.1 Å².